The van der Waals surface area contributed by atoms with Crippen LogP contribution in [-0.2, 0) is 0 Å². The van der Waals surface area contributed by atoms with Gasteiger partial charge in [0.05, 0.1) is 28.3 Å². The number of hydrogen-bond acceptors (Lipinski definition) is 3. The molecule has 1 unspecified atom stereocenters. The second-order valence-electron chi connectivity index (χ2n) is 3.15. The molecule has 0 saturated carbocycles. The van der Waals surface area contributed by atoms with E-state index in [9.17, 15) is 4.79 Å². The van der Waals surface area contributed by atoms with Gasteiger partial charge < -0.3 is 15.5 Å². The lowest BCUT2D eigenvalue weighted by molar-refractivity contribution is 0.0802. The Balaban J connectivity index is 2.70. The predicted octanol–water partition coefficient (Wildman–Crippen LogP) is 1.08. The summed E-state index contributed by atoms with van der Waals surface area (Å²) in [7, 11) is 0. The minimum atomic E-state index is -0.984. The van der Waals surface area contributed by atoms with Crippen LogP contribution >= 0.6 is 23.2 Å². The molecule has 0 radical (unpaired) electrons. The summed E-state index contributed by atoms with van der Waals surface area (Å²) < 4.78 is 0. The van der Waals surface area contributed by atoms with Crippen LogP contribution in [0.15, 0.2) is 18.2 Å². The summed E-state index contributed by atoms with van der Waals surface area (Å²) in [4.78, 5) is 11.6. The molecule has 1 atom stereocenters. The maximum atomic E-state index is 11.6. The lowest BCUT2D eigenvalue weighted by Gasteiger charge is -2.10. The Morgan fingerprint density at radius 1 is 1.44 bits per heavy atom. The second-order valence-corrected chi connectivity index (χ2v) is 3.93. The Kier molecular flexibility index (Phi) is 5.02. The highest BCUT2D eigenvalue weighted by Crippen LogP contribution is 2.25. The lowest BCUT2D eigenvalue weighted by Crippen LogP contribution is -2.34. The summed E-state index contributed by atoms with van der Waals surface area (Å²) in [6.07, 6.45) is -0.984. The number of aliphatic hydroxyl groups is 2. The molecule has 0 aliphatic heterocycles. The zero-order valence-corrected chi connectivity index (χ0v) is 9.79. The first-order chi connectivity index (χ1) is 7.56. The molecule has 88 valence electrons. The first kappa shape index (κ1) is 13.3. The van der Waals surface area contributed by atoms with Gasteiger partial charge in [-0.2, -0.15) is 0 Å². The van der Waals surface area contributed by atoms with Crippen molar-refractivity contribution in [3.05, 3.63) is 33.8 Å². The fraction of sp³-hybridized carbons (Fsp3) is 0.300. The number of amides is 1. The second kappa shape index (κ2) is 6.06. The Labute approximate surface area is 103 Å². The fourth-order valence-corrected chi connectivity index (χ4v) is 1.44. The van der Waals surface area contributed by atoms with Crippen molar-refractivity contribution in [3.8, 4) is 0 Å². The van der Waals surface area contributed by atoms with E-state index in [4.69, 9.17) is 33.4 Å². The molecular formula is C10H11Cl2NO3. The van der Waals surface area contributed by atoms with E-state index in [1.54, 1.807) is 12.1 Å². The van der Waals surface area contributed by atoms with Crippen LogP contribution < -0.4 is 5.32 Å². The largest absolute Gasteiger partial charge is 0.394 e. The van der Waals surface area contributed by atoms with Crippen molar-refractivity contribution < 1.29 is 15.0 Å². The van der Waals surface area contributed by atoms with Gasteiger partial charge in [0.2, 0.25) is 0 Å². The molecule has 0 bridgehead atoms. The topological polar surface area (TPSA) is 69.6 Å². The molecule has 0 aromatic heterocycles. The maximum Gasteiger partial charge on any atom is 0.252 e. The van der Waals surface area contributed by atoms with Crippen LogP contribution in [0.1, 0.15) is 10.4 Å². The van der Waals surface area contributed by atoms with Gasteiger partial charge in [0, 0.05) is 6.54 Å². The zero-order chi connectivity index (χ0) is 12.1. The summed E-state index contributed by atoms with van der Waals surface area (Å²) in [6.45, 7) is -0.457. The van der Waals surface area contributed by atoms with Gasteiger partial charge in [-0.3, -0.25) is 4.79 Å². The van der Waals surface area contributed by atoms with Crippen LogP contribution in [0.25, 0.3) is 0 Å². The van der Waals surface area contributed by atoms with Crippen LogP contribution in [0, 0.1) is 0 Å². The van der Waals surface area contributed by atoms with Crippen LogP contribution in [0.2, 0.25) is 10.0 Å². The molecule has 1 rings (SSSR count). The third kappa shape index (κ3) is 3.35. The minimum absolute atomic E-state index is 0.0435. The summed E-state index contributed by atoms with van der Waals surface area (Å²) in [5.41, 5.74) is 0.235. The number of hydrogen-bond donors (Lipinski definition) is 3. The van der Waals surface area contributed by atoms with Gasteiger partial charge in [-0.05, 0) is 12.1 Å². The zero-order valence-electron chi connectivity index (χ0n) is 8.28. The normalized spacial score (nSPS) is 12.2. The van der Waals surface area contributed by atoms with Gasteiger partial charge in [0.25, 0.3) is 5.91 Å². The van der Waals surface area contributed by atoms with Gasteiger partial charge >= 0.3 is 0 Å². The monoisotopic (exact) mass is 263 g/mol. The Bertz CT molecular complexity index is 384. The summed E-state index contributed by atoms with van der Waals surface area (Å²) in [5.74, 6) is -0.444. The predicted molar refractivity (Wildman–Crippen MR) is 61.9 cm³/mol. The molecule has 1 aromatic carbocycles. The number of benzene rings is 1. The quantitative estimate of drug-likeness (QED) is 0.762. The van der Waals surface area contributed by atoms with Gasteiger partial charge in [-0.1, -0.05) is 29.3 Å². The molecule has 3 N–H and O–H groups in total. The van der Waals surface area contributed by atoms with E-state index < -0.39 is 18.6 Å². The average Bonchev–Trinajstić information content (AvgIpc) is 2.29. The summed E-state index contributed by atoms with van der Waals surface area (Å²) in [6, 6.07) is 4.70. The van der Waals surface area contributed by atoms with E-state index >= 15 is 0 Å². The molecule has 0 heterocycles. The van der Waals surface area contributed by atoms with Gasteiger partial charge in [0.1, 0.15) is 0 Å². The molecular weight excluding hydrogens is 253 g/mol. The molecule has 1 amide bonds. The van der Waals surface area contributed by atoms with E-state index in [2.05, 4.69) is 5.32 Å². The van der Waals surface area contributed by atoms with Crippen LogP contribution in [0.4, 0.5) is 0 Å². The van der Waals surface area contributed by atoms with E-state index in [1.165, 1.54) is 6.07 Å². The van der Waals surface area contributed by atoms with Crippen LogP contribution in [0.3, 0.4) is 0 Å². The van der Waals surface area contributed by atoms with E-state index in [-0.39, 0.29) is 22.2 Å². The Morgan fingerprint density at radius 2 is 2.12 bits per heavy atom. The fourth-order valence-electron chi connectivity index (χ4n) is 1.05. The van der Waals surface area contributed by atoms with E-state index in [1.807, 2.05) is 0 Å². The number of halogens is 2. The third-order valence-corrected chi connectivity index (χ3v) is 2.72. The van der Waals surface area contributed by atoms with Crippen molar-refractivity contribution in [2.24, 2.45) is 0 Å². The average molecular weight is 264 g/mol. The lowest BCUT2D eigenvalue weighted by atomic mass is 10.2. The van der Waals surface area contributed by atoms with Gasteiger partial charge in [-0.25, -0.2) is 0 Å². The molecule has 0 spiro atoms. The van der Waals surface area contributed by atoms with Crippen LogP contribution in [-0.4, -0.2) is 35.4 Å². The molecule has 16 heavy (non-hydrogen) atoms. The Morgan fingerprint density at radius 3 is 2.75 bits per heavy atom. The standard InChI is InChI=1S/C10H11Cl2NO3/c11-8-3-1-2-7(9(8)12)10(16)13-4-6(15)5-14/h1-3,6,14-15H,4-5H2,(H,13,16). The number of aliphatic hydroxyl groups excluding tert-OH is 2. The highest BCUT2D eigenvalue weighted by Gasteiger charge is 2.13. The Hall–Kier alpha value is -0.810. The van der Waals surface area contributed by atoms with Crippen LogP contribution in [0.5, 0.6) is 0 Å². The molecule has 6 heteroatoms. The number of rotatable bonds is 4. The van der Waals surface area contributed by atoms with Crippen molar-refractivity contribution in [1.29, 1.82) is 0 Å². The van der Waals surface area contributed by atoms with Crippen molar-refractivity contribution >= 4 is 29.1 Å². The smallest absolute Gasteiger partial charge is 0.252 e. The summed E-state index contributed by atoms with van der Waals surface area (Å²) in [5, 5.41) is 20.5. The SMILES string of the molecule is O=C(NCC(O)CO)c1cccc(Cl)c1Cl. The highest BCUT2D eigenvalue weighted by molar-refractivity contribution is 6.43. The molecule has 0 aliphatic carbocycles. The molecule has 0 aliphatic rings. The molecule has 0 saturated heterocycles. The first-order valence-corrected chi connectivity index (χ1v) is 5.33. The maximum absolute atomic E-state index is 11.6. The highest BCUT2D eigenvalue weighted by atomic mass is 35.5. The van der Waals surface area contributed by atoms with Crippen molar-refractivity contribution in [2.45, 2.75) is 6.10 Å². The summed E-state index contributed by atoms with van der Waals surface area (Å²) >= 11 is 11.6. The minimum Gasteiger partial charge on any atom is -0.394 e. The third-order valence-electron chi connectivity index (χ3n) is 1.91. The number of carbonyl (C=O) groups is 1. The van der Waals surface area contributed by atoms with Crippen molar-refractivity contribution in [1.82, 2.24) is 5.32 Å². The molecule has 0 fully saturated rings. The van der Waals surface area contributed by atoms with E-state index in [0.717, 1.165) is 0 Å². The van der Waals surface area contributed by atoms with Gasteiger partial charge in [0.15, 0.2) is 0 Å². The van der Waals surface area contributed by atoms with Gasteiger partial charge in [-0.15, -0.1) is 0 Å². The first-order valence-electron chi connectivity index (χ1n) is 4.57. The number of carbonyl (C=O) groups excluding carboxylic acids is 1. The van der Waals surface area contributed by atoms with E-state index in [0.29, 0.717) is 0 Å². The molecule has 4 nitrogen and oxygen atoms in total. The van der Waals surface area contributed by atoms with Crippen molar-refractivity contribution in [3.63, 3.8) is 0 Å². The molecule has 1 aromatic rings. The number of nitrogens with one attached hydrogen (secondary N) is 1. The van der Waals surface area contributed by atoms with Crippen molar-refractivity contribution in [2.75, 3.05) is 13.2 Å².